The number of rotatable bonds is 52. The van der Waals surface area contributed by atoms with Crippen LogP contribution in [0.25, 0.3) is 0 Å². The molecule has 0 radical (unpaired) electrons. The minimum atomic E-state index is -0.875. The lowest BCUT2D eigenvalue weighted by Gasteiger charge is -2.31. The fraction of sp³-hybridized carbons (Fsp3) is 0.787. The number of quaternary nitrogens is 1. The van der Waals surface area contributed by atoms with Crippen molar-refractivity contribution in [2.24, 2.45) is 0 Å². The van der Waals surface area contributed by atoms with Crippen molar-refractivity contribution in [3.63, 3.8) is 0 Å². The number of carboxylic acid groups (broad SMARTS) is 1. The molecule has 0 heterocycles. The Bertz CT molecular complexity index is 1310. The van der Waals surface area contributed by atoms with E-state index in [9.17, 15) is 19.5 Å². The van der Waals surface area contributed by atoms with Crippen LogP contribution in [0.5, 0.6) is 0 Å². The molecule has 0 rings (SSSR count). The average Bonchev–Trinajstić information content (AvgIpc) is 3.31. The van der Waals surface area contributed by atoms with Crippen molar-refractivity contribution in [2.75, 3.05) is 41.0 Å². The molecule has 0 spiro atoms. The topological polar surface area (TPSA) is 99.1 Å². The zero-order chi connectivity index (χ0) is 50.6. The van der Waals surface area contributed by atoms with Crippen LogP contribution < -0.4 is 0 Å². The van der Waals surface area contributed by atoms with Crippen LogP contribution in [-0.2, 0) is 28.6 Å². The Morgan fingerprint density at radius 1 is 0.449 bits per heavy atom. The number of carbonyl (C=O) groups excluding carboxylic acids is 2. The Labute approximate surface area is 426 Å². The predicted octanol–water partition coefficient (Wildman–Crippen LogP) is 17.3. The summed E-state index contributed by atoms with van der Waals surface area (Å²) in [6.07, 6.45) is 65.7. The number of nitrogens with zero attached hydrogens (tertiary/aromatic N) is 1. The fourth-order valence-corrected chi connectivity index (χ4v) is 8.53. The van der Waals surface area contributed by atoms with Crippen LogP contribution in [-0.4, -0.2) is 80.6 Å². The number of unbranched alkanes of at least 4 members (excludes halogenated alkanes) is 28. The molecule has 69 heavy (non-hydrogen) atoms. The van der Waals surface area contributed by atoms with Gasteiger partial charge < -0.3 is 23.8 Å². The molecular weight excluding hydrogens is 859 g/mol. The van der Waals surface area contributed by atoms with E-state index in [0.29, 0.717) is 19.3 Å². The molecule has 0 aliphatic heterocycles. The Hall–Kier alpha value is -2.97. The van der Waals surface area contributed by atoms with Gasteiger partial charge in [0.2, 0.25) is 0 Å². The van der Waals surface area contributed by atoms with Crippen LogP contribution in [0.4, 0.5) is 0 Å². The number of carboxylic acids is 1. The number of likely N-dealkylation sites (N-methyl/N-ethyl adjacent to an activating group) is 1. The van der Waals surface area contributed by atoms with Gasteiger partial charge in [-0.25, -0.2) is 4.79 Å². The summed E-state index contributed by atoms with van der Waals surface area (Å²) >= 11 is 0. The quantitative estimate of drug-likeness (QED) is 0.0280. The van der Waals surface area contributed by atoms with Gasteiger partial charge in [-0.15, -0.1) is 0 Å². The molecule has 8 heteroatoms. The Kier molecular flexibility index (Phi) is 49.2. The third kappa shape index (κ3) is 49.8. The Morgan fingerprint density at radius 3 is 1.20 bits per heavy atom. The van der Waals surface area contributed by atoms with Gasteiger partial charge in [0.05, 0.1) is 34.4 Å². The highest BCUT2D eigenvalue weighted by Crippen LogP contribution is 2.17. The summed E-state index contributed by atoms with van der Waals surface area (Å²) in [7, 11) is 5.54. The van der Waals surface area contributed by atoms with Crippen LogP contribution >= 0.6 is 0 Å². The minimum Gasteiger partial charge on any atom is -0.477 e. The van der Waals surface area contributed by atoms with Crippen LogP contribution in [0.15, 0.2) is 60.8 Å². The van der Waals surface area contributed by atoms with Crippen LogP contribution in [0.2, 0.25) is 0 Å². The van der Waals surface area contributed by atoms with E-state index < -0.39 is 18.1 Å². The number of hydrogen-bond acceptors (Lipinski definition) is 6. The normalized spacial score (nSPS) is 13.2. The Balaban J connectivity index is 4.18. The molecule has 1 N–H and O–H groups in total. The second kappa shape index (κ2) is 51.4. The smallest absolute Gasteiger partial charge is 0.362 e. The number of carbonyl (C=O) groups is 3. The third-order valence-electron chi connectivity index (χ3n) is 12.9. The first-order chi connectivity index (χ1) is 33.6. The Morgan fingerprint density at radius 2 is 0.812 bits per heavy atom. The average molecular weight is 970 g/mol. The highest BCUT2D eigenvalue weighted by Gasteiger charge is 2.31. The summed E-state index contributed by atoms with van der Waals surface area (Å²) in [6, 6.07) is -0.618. The maximum atomic E-state index is 12.8. The second-order valence-electron chi connectivity index (χ2n) is 20.5. The van der Waals surface area contributed by atoms with Gasteiger partial charge >= 0.3 is 17.9 Å². The molecule has 2 unspecified atom stereocenters. The molecule has 0 saturated carbocycles. The van der Waals surface area contributed by atoms with E-state index in [-0.39, 0.29) is 36.2 Å². The molecule has 0 amide bonds. The van der Waals surface area contributed by atoms with Crippen molar-refractivity contribution in [3.8, 4) is 0 Å². The number of aliphatic carboxylic acids is 1. The molecule has 8 nitrogen and oxygen atoms in total. The summed E-state index contributed by atoms with van der Waals surface area (Å²) in [5, 5.41) is 9.68. The molecule has 400 valence electrons. The van der Waals surface area contributed by atoms with Gasteiger partial charge in [0, 0.05) is 19.3 Å². The highest BCUT2D eigenvalue weighted by atomic mass is 16.6. The van der Waals surface area contributed by atoms with Crippen LogP contribution in [0.3, 0.4) is 0 Å². The lowest BCUT2D eigenvalue weighted by molar-refractivity contribution is -0.887. The zero-order valence-electron chi connectivity index (χ0n) is 45.8. The van der Waals surface area contributed by atoms with Crippen molar-refractivity contribution in [1.29, 1.82) is 0 Å². The van der Waals surface area contributed by atoms with Crippen molar-refractivity contribution in [3.05, 3.63) is 60.8 Å². The first kappa shape index (κ1) is 66.0. The van der Waals surface area contributed by atoms with Crippen molar-refractivity contribution < 1.29 is 38.2 Å². The molecule has 2 atom stereocenters. The zero-order valence-corrected chi connectivity index (χ0v) is 45.8. The predicted molar refractivity (Wildman–Crippen MR) is 294 cm³/mol. The van der Waals surface area contributed by atoms with Gasteiger partial charge in [0.1, 0.15) is 6.61 Å². The monoisotopic (exact) mass is 969 g/mol. The first-order valence-electron chi connectivity index (χ1n) is 28.8. The summed E-state index contributed by atoms with van der Waals surface area (Å²) in [4.78, 5) is 37.3. The molecule has 0 bridgehead atoms. The van der Waals surface area contributed by atoms with Crippen molar-refractivity contribution in [1.82, 2.24) is 0 Å². The van der Waals surface area contributed by atoms with Crippen molar-refractivity contribution >= 4 is 17.9 Å². The van der Waals surface area contributed by atoms with Gasteiger partial charge in [-0.2, -0.15) is 0 Å². The number of esters is 2. The number of allylic oxidation sites excluding steroid dienone is 10. The molecule has 0 aliphatic rings. The summed E-state index contributed by atoms with van der Waals surface area (Å²) in [6.45, 7) is 4.65. The van der Waals surface area contributed by atoms with Gasteiger partial charge in [-0.1, -0.05) is 242 Å². The van der Waals surface area contributed by atoms with Gasteiger partial charge in [-0.3, -0.25) is 9.59 Å². The molecule has 0 aromatic carbocycles. The molecule has 0 saturated heterocycles. The van der Waals surface area contributed by atoms with E-state index in [1.165, 1.54) is 148 Å². The molecule has 0 aliphatic carbocycles. The first-order valence-corrected chi connectivity index (χ1v) is 28.8. The van der Waals surface area contributed by atoms with E-state index in [1.807, 2.05) is 21.1 Å². The summed E-state index contributed by atoms with van der Waals surface area (Å²) in [5.74, 6) is -1.47. The SMILES string of the molecule is CC/C=C/C/C=C/C/C=C/C/C=C/C/C=C/CCCCCCCCCC(=O)OCC(COCCC(C(=O)O)[N+](C)(C)C)OC(=O)CCCCCCCCCCCCCCCCCCCCCCCC. The van der Waals surface area contributed by atoms with Gasteiger partial charge in [0.25, 0.3) is 0 Å². The number of hydrogen-bond donors (Lipinski definition) is 1. The maximum Gasteiger partial charge on any atom is 0.362 e. The lowest BCUT2D eigenvalue weighted by atomic mass is 10.0. The lowest BCUT2D eigenvalue weighted by Crippen LogP contribution is -2.50. The second-order valence-corrected chi connectivity index (χ2v) is 20.5. The van der Waals surface area contributed by atoms with Gasteiger partial charge in [-0.05, 0) is 57.8 Å². The molecule has 0 fully saturated rings. The molecule has 0 aromatic rings. The highest BCUT2D eigenvalue weighted by molar-refractivity contribution is 5.72. The van der Waals surface area contributed by atoms with Gasteiger partial charge in [0.15, 0.2) is 12.1 Å². The maximum absolute atomic E-state index is 12.8. The molecule has 0 aromatic heterocycles. The standard InChI is InChI=1S/C61H109NO7/c1-6-8-10-12-14-16-18-20-22-24-26-28-30-32-33-35-37-39-41-43-45-47-49-51-59(63)68-56-57(55-67-54-53-58(61(65)66)62(3,4)5)69-60(64)52-50-48-46-44-42-40-38-36-34-31-29-27-25-23-21-19-17-15-13-11-9-7-2/h8,10,14,16,20,22,26,28,32-33,57-58H,6-7,9,11-13,15,17-19,21,23-25,27,29-31,34-56H2,1-5H3/p+1/b10-8+,16-14+,22-20+,28-26+,33-32+. The van der Waals surface area contributed by atoms with E-state index in [0.717, 1.165) is 77.0 Å². The van der Waals surface area contributed by atoms with E-state index in [4.69, 9.17) is 14.2 Å². The molecular formula is C61H110NO7+. The third-order valence-corrected chi connectivity index (χ3v) is 12.9. The van der Waals surface area contributed by atoms with Crippen LogP contribution in [0.1, 0.15) is 258 Å². The van der Waals surface area contributed by atoms with E-state index >= 15 is 0 Å². The minimum absolute atomic E-state index is 0.0560. The summed E-state index contributed by atoms with van der Waals surface area (Å²) in [5.41, 5.74) is 0. The fourth-order valence-electron chi connectivity index (χ4n) is 8.53. The van der Waals surface area contributed by atoms with E-state index in [2.05, 4.69) is 74.6 Å². The largest absolute Gasteiger partial charge is 0.477 e. The van der Waals surface area contributed by atoms with Crippen LogP contribution in [0, 0.1) is 0 Å². The van der Waals surface area contributed by atoms with E-state index in [1.54, 1.807) is 0 Å². The van der Waals surface area contributed by atoms with Crippen molar-refractivity contribution in [2.45, 2.75) is 270 Å². The summed E-state index contributed by atoms with van der Waals surface area (Å²) < 4.78 is 17.4. The number of ether oxygens (including phenoxy) is 3.